The second kappa shape index (κ2) is 6.28. The first-order valence-electron chi connectivity index (χ1n) is 5.58. The van der Waals surface area contributed by atoms with Gasteiger partial charge in [0.2, 0.25) is 0 Å². The molecule has 0 radical (unpaired) electrons. The minimum absolute atomic E-state index is 1.00. The first kappa shape index (κ1) is 9.83. The van der Waals surface area contributed by atoms with Crippen molar-refractivity contribution >= 4 is 0 Å². The zero-order chi connectivity index (χ0) is 8.65. The van der Waals surface area contributed by atoms with E-state index in [9.17, 15) is 0 Å². The summed E-state index contributed by atoms with van der Waals surface area (Å²) in [7, 11) is 0. The molecule has 0 fully saturated rings. The topological polar surface area (TPSA) is 0 Å². The molecule has 1 aliphatic rings. The molecule has 1 rings (SSSR count). The molecule has 0 heterocycles. The summed E-state index contributed by atoms with van der Waals surface area (Å²) < 4.78 is 0. The fourth-order valence-electron chi connectivity index (χ4n) is 1.97. The van der Waals surface area contributed by atoms with Gasteiger partial charge in [-0.15, -0.1) is 0 Å². The van der Waals surface area contributed by atoms with Crippen molar-refractivity contribution in [3.63, 3.8) is 0 Å². The summed E-state index contributed by atoms with van der Waals surface area (Å²) in [5.41, 5.74) is 0. The monoisotopic (exact) mass is 166 g/mol. The van der Waals surface area contributed by atoms with E-state index in [1.807, 2.05) is 0 Å². The number of rotatable bonds is 3. The molecule has 0 aromatic rings. The van der Waals surface area contributed by atoms with E-state index in [4.69, 9.17) is 0 Å². The molecule has 0 nitrogen and oxygen atoms in total. The van der Waals surface area contributed by atoms with E-state index in [1.54, 1.807) is 0 Å². The average molecular weight is 166 g/mol. The molecular formula is C12H22. The van der Waals surface area contributed by atoms with Gasteiger partial charge in [0.15, 0.2) is 0 Å². The number of hydrogen-bond acceptors (Lipinski definition) is 0. The lowest BCUT2D eigenvalue weighted by Crippen LogP contribution is -2.00. The Bertz CT molecular complexity index is 124. The Kier molecular flexibility index (Phi) is 5.14. The van der Waals surface area contributed by atoms with Crippen LogP contribution in [-0.2, 0) is 0 Å². The SMILES string of the molecule is CCCCC1C/C=C\CCCC1. The van der Waals surface area contributed by atoms with E-state index in [0.29, 0.717) is 0 Å². The highest BCUT2D eigenvalue weighted by Crippen LogP contribution is 2.22. The van der Waals surface area contributed by atoms with Gasteiger partial charge >= 0.3 is 0 Å². The van der Waals surface area contributed by atoms with Crippen molar-refractivity contribution in [3.05, 3.63) is 12.2 Å². The lowest BCUT2D eigenvalue weighted by molar-refractivity contribution is 0.415. The number of hydrogen-bond donors (Lipinski definition) is 0. The summed E-state index contributed by atoms with van der Waals surface area (Å²) in [6, 6.07) is 0. The smallest absolute Gasteiger partial charge is 0.0322 e. The maximum atomic E-state index is 2.40. The fourth-order valence-corrected chi connectivity index (χ4v) is 1.97. The molecule has 1 aliphatic carbocycles. The molecule has 0 heteroatoms. The summed E-state index contributed by atoms with van der Waals surface area (Å²) in [6.07, 6.45) is 16.0. The normalized spacial score (nSPS) is 27.6. The molecule has 0 aromatic heterocycles. The van der Waals surface area contributed by atoms with Crippen LogP contribution in [0.5, 0.6) is 0 Å². The molecule has 0 saturated heterocycles. The molecule has 1 atom stereocenters. The molecule has 0 aliphatic heterocycles. The van der Waals surface area contributed by atoms with Crippen LogP contribution in [0.2, 0.25) is 0 Å². The van der Waals surface area contributed by atoms with Gasteiger partial charge in [-0.25, -0.2) is 0 Å². The maximum Gasteiger partial charge on any atom is -0.0322 e. The van der Waals surface area contributed by atoms with Crippen LogP contribution in [-0.4, -0.2) is 0 Å². The second-order valence-electron chi connectivity index (χ2n) is 4.00. The Balaban J connectivity index is 2.20. The van der Waals surface area contributed by atoms with Gasteiger partial charge in [0.25, 0.3) is 0 Å². The summed E-state index contributed by atoms with van der Waals surface area (Å²) in [5, 5.41) is 0. The highest BCUT2D eigenvalue weighted by molar-refractivity contribution is 4.86. The third-order valence-corrected chi connectivity index (χ3v) is 2.84. The van der Waals surface area contributed by atoms with Crippen molar-refractivity contribution in [1.29, 1.82) is 0 Å². The second-order valence-corrected chi connectivity index (χ2v) is 4.00. The van der Waals surface area contributed by atoms with Crippen molar-refractivity contribution < 1.29 is 0 Å². The van der Waals surface area contributed by atoms with Crippen molar-refractivity contribution in [2.45, 2.75) is 58.3 Å². The maximum absolute atomic E-state index is 2.40. The van der Waals surface area contributed by atoms with Gasteiger partial charge < -0.3 is 0 Å². The van der Waals surface area contributed by atoms with Gasteiger partial charge in [-0.3, -0.25) is 0 Å². The van der Waals surface area contributed by atoms with Crippen LogP contribution in [0.1, 0.15) is 58.3 Å². The number of allylic oxidation sites excluding steroid dienone is 2. The Morgan fingerprint density at radius 2 is 2.17 bits per heavy atom. The molecule has 0 amide bonds. The average Bonchev–Trinajstić information content (AvgIpc) is 2.02. The van der Waals surface area contributed by atoms with Crippen LogP contribution < -0.4 is 0 Å². The summed E-state index contributed by atoms with van der Waals surface area (Å²) in [4.78, 5) is 0. The van der Waals surface area contributed by atoms with Crippen LogP contribution in [0.15, 0.2) is 12.2 Å². The molecule has 70 valence electrons. The van der Waals surface area contributed by atoms with Gasteiger partial charge in [-0.05, 0) is 25.2 Å². The van der Waals surface area contributed by atoms with E-state index in [-0.39, 0.29) is 0 Å². The van der Waals surface area contributed by atoms with Crippen LogP contribution in [0.25, 0.3) is 0 Å². The first-order chi connectivity index (χ1) is 5.93. The first-order valence-corrected chi connectivity index (χ1v) is 5.58. The van der Waals surface area contributed by atoms with Gasteiger partial charge in [0.05, 0.1) is 0 Å². The zero-order valence-electron chi connectivity index (χ0n) is 8.39. The molecule has 12 heavy (non-hydrogen) atoms. The summed E-state index contributed by atoms with van der Waals surface area (Å²) >= 11 is 0. The van der Waals surface area contributed by atoms with Gasteiger partial charge in [-0.2, -0.15) is 0 Å². The van der Waals surface area contributed by atoms with Crippen LogP contribution in [0.3, 0.4) is 0 Å². The van der Waals surface area contributed by atoms with Gasteiger partial charge in [0, 0.05) is 0 Å². The molecule has 1 unspecified atom stereocenters. The molecule has 0 bridgehead atoms. The number of unbranched alkanes of at least 4 members (excludes halogenated alkanes) is 1. The van der Waals surface area contributed by atoms with Crippen molar-refractivity contribution in [2.75, 3.05) is 0 Å². The fraction of sp³-hybridized carbons (Fsp3) is 0.833. The van der Waals surface area contributed by atoms with E-state index >= 15 is 0 Å². The van der Waals surface area contributed by atoms with Gasteiger partial charge in [-0.1, -0.05) is 51.2 Å². The summed E-state index contributed by atoms with van der Waals surface area (Å²) in [5.74, 6) is 1.00. The van der Waals surface area contributed by atoms with Crippen LogP contribution in [0, 0.1) is 5.92 Å². The van der Waals surface area contributed by atoms with E-state index in [2.05, 4.69) is 19.1 Å². The highest BCUT2D eigenvalue weighted by Gasteiger charge is 2.07. The minimum atomic E-state index is 1.00. The third-order valence-electron chi connectivity index (χ3n) is 2.84. The van der Waals surface area contributed by atoms with E-state index < -0.39 is 0 Å². The van der Waals surface area contributed by atoms with Gasteiger partial charge in [0.1, 0.15) is 0 Å². The van der Waals surface area contributed by atoms with Crippen molar-refractivity contribution in [2.24, 2.45) is 5.92 Å². The Hall–Kier alpha value is -0.260. The third kappa shape index (κ3) is 3.94. The molecule has 0 saturated carbocycles. The summed E-state index contributed by atoms with van der Waals surface area (Å²) in [6.45, 7) is 2.29. The molecular weight excluding hydrogens is 144 g/mol. The molecule has 0 N–H and O–H groups in total. The quantitative estimate of drug-likeness (QED) is 0.548. The Morgan fingerprint density at radius 1 is 1.25 bits per heavy atom. The molecule has 0 aromatic carbocycles. The van der Waals surface area contributed by atoms with E-state index in [0.717, 1.165) is 5.92 Å². The Labute approximate surface area is 77.1 Å². The predicted octanol–water partition coefficient (Wildman–Crippen LogP) is 4.31. The van der Waals surface area contributed by atoms with E-state index in [1.165, 1.54) is 51.4 Å². The lowest BCUT2D eigenvalue weighted by atomic mass is 9.90. The zero-order valence-corrected chi connectivity index (χ0v) is 8.39. The molecule has 0 spiro atoms. The van der Waals surface area contributed by atoms with Crippen LogP contribution >= 0.6 is 0 Å². The highest BCUT2D eigenvalue weighted by atomic mass is 14.1. The van der Waals surface area contributed by atoms with Crippen molar-refractivity contribution in [3.8, 4) is 0 Å². The Morgan fingerprint density at radius 3 is 3.00 bits per heavy atom. The van der Waals surface area contributed by atoms with Crippen molar-refractivity contribution in [1.82, 2.24) is 0 Å². The standard InChI is InChI=1S/C12H22/c1-2-3-9-12-10-7-5-4-6-8-11-12/h5,7,12H,2-4,6,8-11H2,1H3/b7-5-. The predicted molar refractivity (Wildman–Crippen MR) is 55.2 cm³/mol. The lowest BCUT2D eigenvalue weighted by Gasteiger charge is -2.15. The van der Waals surface area contributed by atoms with Crippen LogP contribution in [0.4, 0.5) is 0 Å². The largest absolute Gasteiger partial charge is 0.0885 e. The minimum Gasteiger partial charge on any atom is -0.0885 e.